The molecule has 0 saturated heterocycles. The van der Waals surface area contributed by atoms with E-state index >= 15 is 0 Å². The van der Waals surface area contributed by atoms with Crippen LogP contribution in [0.1, 0.15) is 64.0 Å². The summed E-state index contributed by atoms with van der Waals surface area (Å²) in [5, 5.41) is 5.53. The summed E-state index contributed by atoms with van der Waals surface area (Å²) in [6.07, 6.45) is 0.830. The Morgan fingerprint density at radius 1 is 1.11 bits per heavy atom. The number of benzene rings is 1. The van der Waals surface area contributed by atoms with Gasteiger partial charge in [-0.1, -0.05) is 45.0 Å². The molecule has 0 saturated carbocycles. The molecule has 18 heavy (non-hydrogen) atoms. The molecule has 1 aromatic rings. The molecular formula is C15H25NOS. The van der Waals surface area contributed by atoms with Crippen LogP contribution in [0.2, 0.25) is 0 Å². The van der Waals surface area contributed by atoms with Crippen molar-refractivity contribution < 1.29 is 4.55 Å². The molecule has 0 aromatic heterocycles. The van der Waals surface area contributed by atoms with Crippen molar-refractivity contribution in [1.82, 2.24) is 0 Å². The van der Waals surface area contributed by atoms with Crippen LogP contribution in [0.3, 0.4) is 0 Å². The highest BCUT2D eigenvalue weighted by Crippen LogP contribution is 2.30. The zero-order valence-electron chi connectivity index (χ0n) is 12.1. The van der Waals surface area contributed by atoms with Crippen LogP contribution in [0, 0.1) is 0 Å². The van der Waals surface area contributed by atoms with Gasteiger partial charge in [-0.2, -0.15) is 5.14 Å². The van der Waals surface area contributed by atoms with Crippen LogP contribution in [-0.2, 0) is 11.4 Å². The Kier molecular flexibility index (Phi) is 5.26. The van der Waals surface area contributed by atoms with Crippen LogP contribution in [-0.4, -0.2) is 9.30 Å². The summed E-state index contributed by atoms with van der Waals surface area (Å²) in [6.45, 7) is 10.5. The second-order valence-corrected chi connectivity index (χ2v) is 7.68. The van der Waals surface area contributed by atoms with Crippen molar-refractivity contribution in [3.8, 4) is 0 Å². The lowest BCUT2D eigenvalue weighted by atomic mass is 9.90. The van der Waals surface area contributed by atoms with E-state index in [4.69, 9.17) is 5.14 Å². The van der Waals surface area contributed by atoms with Crippen molar-refractivity contribution in [2.75, 3.05) is 0 Å². The quantitative estimate of drug-likeness (QED) is 0.827. The first kappa shape index (κ1) is 15.5. The maximum atomic E-state index is 11.5. The van der Waals surface area contributed by atoms with E-state index in [2.05, 4.69) is 45.0 Å². The maximum absolute atomic E-state index is 11.5. The summed E-state index contributed by atoms with van der Waals surface area (Å²) in [5.74, 6) is 0.927. The molecule has 0 aliphatic heterocycles. The van der Waals surface area contributed by atoms with Crippen molar-refractivity contribution in [2.24, 2.45) is 5.14 Å². The van der Waals surface area contributed by atoms with Crippen LogP contribution in [0.15, 0.2) is 24.3 Å². The van der Waals surface area contributed by atoms with E-state index < -0.39 is 11.4 Å². The van der Waals surface area contributed by atoms with Crippen LogP contribution >= 0.6 is 0 Å². The predicted molar refractivity (Wildman–Crippen MR) is 80.0 cm³/mol. The molecule has 0 fully saturated rings. The molecule has 1 unspecified atom stereocenters. The Balaban J connectivity index is 2.76. The molecule has 1 aromatic carbocycles. The van der Waals surface area contributed by atoms with E-state index in [1.165, 1.54) is 11.1 Å². The zero-order chi connectivity index (χ0) is 13.9. The van der Waals surface area contributed by atoms with Crippen LogP contribution in [0.5, 0.6) is 0 Å². The van der Waals surface area contributed by atoms with Gasteiger partial charge < -0.3 is 4.55 Å². The lowest BCUT2D eigenvalue weighted by Gasteiger charge is -2.27. The van der Waals surface area contributed by atoms with Gasteiger partial charge in [0.2, 0.25) is 0 Å². The van der Waals surface area contributed by atoms with Gasteiger partial charge in [-0.15, -0.1) is 0 Å². The topological polar surface area (TPSA) is 49.1 Å². The first-order valence-electron chi connectivity index (χ1n) is 6.50. The highest BCUT2D eigenvalue weighted by molar-refractivity contribution is 7.90. The largest absolute Gasteiger partial charge is 0.598 e. The fourth-order valence-corrected chi connectivity index (χ4v) is 2.56. The van der Waals surface area contributed by atoms with Gasteiger partial charge in [-0.05, 0) is 36.8 Å². The van der Waals surface area contributed by atoms with Gasteiger partial charge in [-0.3, -0.25) is 0 Å². The Bertz CT molecular complexity index is 371. The van der Waals surface area contributed by atoms with E-state index in [0.717, 1.165) is 6.42 Å². The van der Waals surface area contributed by atoms with Crippen molar-refractivity contribution >= 4 is 11.4 Å². The van der Waals surface area contributed by atoms with Crippen molar-refractivity contribution in [1.29, 1.82) is 0 Å². The summed E-state index contributed by atoms with van der Waals surface area (Å²) in [6, 6.07) is 8.72. The van der Waals surface area contributed by atoms with Gasteiger partial charge in [-0.25, -0.2) is 0 Å². The second-order valence-electron chi connectivity index (χ2n) is 5.98. The first-order chi connectivity index (χ1) is 8.24. The standard InChI is InChI=1S/C15H25NOS/c1-11(2)13-6-8-14(9-7-13)12(3)10-15(4,5)18(16)17/h6-9,11-12H,10,16H2,1-5H3/t12-,18?/m0/s1. The minimum atomic E-state index is -1.28. The van der Waals surface area contributed by atoms with Crippen LogP contribution in [0.4, 0.5) is 0 Å². The molecule has 0 bridgehead atoms. The molecule has 0 heterocycles. The van der Waals surface area contributed by atoms with E-state index in [1.54, 1.807) is 0 Å². The highest BCUT2D eigenvalue weighted by Gasteiger charge is 2.32. The normalized spacial score (nSPS) is 15.8. The number of hydrogen-bond donors (Lipinski definition) is 1. The third-order valence-corrected chi connectivity index (χ3v) is 4.77. The van der Waals surface area contributed by atoms with Gasteiger partial charge in [0.1, 0.15) is 4.75 Å². The molecular weight excluding hydrogens is 242 g/mol. The Hall–Kier alpha value is -0.510. The van der Waals surface area contributed by atoms with Gasteiger partial charge in [0, 0.05) is 17.8 Å². The lowest BCUT2D eigenvalue weighted by molar-refractivity contribution is 0.500. The van der Waals surface area contributed by atoms with Crippen molar-refractivity contribution in [2.45, 2.75) is 57.6 Å². The molecule has 3 heteroatoms. The lowest BCUT2D eigenvalue weighted by Crippen LogP contribution is -2.38. The van der Waals surface area contributed by atoms with Crippen LogP contribution in [0.25, 0.3) is 0 Å². The number of rotatable bonds is 5. The summed E-state index contributed by atoms with van der Waals surface area (Å²) < 4.78 is 11.1. The predicted octanol–water partition coefficient (Wildman–Crippen LogP) is 3.70. The molecule has 0 spiro atoms. The molecule has 0 radical (unpaired) electrons. The third kappa shape index (κ3) is 4.01. The Morgan fingerprint density at radius 2 is 1.56 bits per heavy atom. The molecule has 2 nitrogen and oxygen atoms in total. The molecule has 0 amide bonds. The fourth-order valence-electron chi connectivity index (χ4n) is 2.15. The average Bonchev–Trinajstić information content (AvgIpc) is 2.28. The molecule has 0 aliphatic carbocycles. The second kappa shape index (κ2) is 6.09. The highest BCUT2D eigenvalue weighted by atomic mass is 32.2. The fraction of sp³-hybridized carbons (Fsp3) is 0.600. The Morgan fingerprint density at radius 3 is 1.94 bits per heavy atom. The first-order valence-corrected chi connectivity index (χ1v) is 7.71. The molecule has 1 rings (SSSR count). The number of nitrogens with two attached hydrogens (primary N) is 1. The minimum absolute atomic E-state index is 0.337. The van der Waals surface area contributed by atoms with Gasteiger partial charge in [0.25, 0.3) is 0 Å². The summed E-state index contributed by atoms with van der Waals surface area (Å²) >= 11 is -1.28. The smallest absolute Gasteiger partial charge is 0.140 e. The Labute approximate surface area is 114 Å². The SMILES string of the molecule is CC(C)c1ccc([C@@H](C)CC(C)(C)[S+](N)[O-])cc1. The zero-order valence-corrected chi connectivity index (χ0v) is 12.9. The summed E-state index contributed by atoms with van der Waals surface area (Å²) in [7, 11) is 0. The number of hydrogen-bond acceptors (Lipinski definition) is 2. The van der Waals surface area contributed by atoms with E-state index in [1.807, 2.05) is 13.8 Å². The third-order valence-electron chi connectivity index (χ3n) is 3.51. The van der Waals surface area contributed by atoms with Gasteiger partial charge in [0.05, 0.1) is 0 Å². The molecule has 2 atom stereocenters. The molecule has 102 valence electrons. The maximum Gasteiger partial charge on any atom is 0.140 e. The van der Waals surface area contributed by atoms with E-state index in [0.29, 0.717) is 11.8 Å². The van der Waals surface area contributed by atoms with Crippen molar-refractivity contribution in [3.63, 3.8) is 0 Å². The van der Waals surface area contributed by atoms with E-state index in [-0.39, 0.29) is 4.75 Å². The molecule has 0 aliphatic rings. The summed E-state index contributed by atoms with van der Waals surface area (Å²) in [5.41, 5.74) is 2.64. The summed E-state index contributed by atoms with van der Waals surface area (Å²) in [4.78, 5) is 0. The minimum Gasteiger partial charge on any atom is -0.598 e. The van der Waals surface area contributed by atoms with Crippen LogP contribution < -0.4 is 5.14 Å². The average molecular weight is 267 g/mol. The van der Waals surface area contributed by atoms with Gasteiger partial charge >= 0.3 is 0 Å². The van der Waals surface area contributed by atoms with E-state index in [9.17, 15) is 4.55 Å². The monoisotopic (exact) mass is 267 g/mol. The van der Waals surface area contributed by atoms with Crippen molar-refractivity contribution in [3.05, 3.63) is 35.4 Å². The van der Waals surface area contributed by atoms with Gasteiger partial charge in [0.15, 0.2) is 0 Å². The molecule has 2 N–H and O–H groups in total.